The first kappa shape index (κ1) is 17.0. The normalized spacial score (nSPS) is 25.7. The molecule has 1 aromatic carbocycles. The van der Waals surface area contributed by atoms with Gasteiger partial charge in [0.05, 0.1) is 5.52 Å². The lowest BCUT2D eigenvalue weighted by Gasteiger charge is -2.36. The number of nitrogens with one attached hydrogen (secondary N) is 2. The minimum absolute atomic E-state index is 0.0260. The number of rotatable bonds is 4. The third-order valence-corrected chi connectivity index (χ3v) is 5.43. The van der Waals surface area contributed by atoms with Crippen LogP contribution in [0.1, 0.15) is 25.8 Å². The highest BCUT2D eigenvalue weighted by atomic mass is 16.2. The zero-order valence-electron chi connectivity index (χ0n) is 15.1. The molecule has 2 aliphatic heterocycles. The number of pyridine rings is 1. The van der Waals surface area contributed by atoms with E-state index in [1.54, 1.807) is 11.1 Å². The van der Waals surface area contributed by atoms with Crippen LogP contribution in [0.15, 0.2) is 36.5 Å². The molecule has 0 bridgehead atoms. The molecule has 2 amide bonds. The molecule has 0 radical (unpaired) electrons. The van der Waals surface area contributed by atoms with E-state index in [1.807, 2.05) is 32.0 Å². The predicted octanol–water partition coefficient (Wildman–Crippen LogP) is 1.45. The summed E-state index contributed by atoms with van der Waals surface area (Å²) in [5.74, 6) is 0.118. The molecule has 0 saturated carbocycles. The first-order valence-corrected chi connectivity index (χ1v) is 9.21. The number of aromatic nitrogens is 1. The molecule has 0 spiro atoms. The smallest absolute Gasteiger partial charge is 0.246 e. The molecule has 3 heterocycles. The van der Waals surface area contributed by atoms with Crippen molar-refractivity contribution in [1.82, 2.24) is 20.5 Å². The van der Waals surface area contributed by atoms with Gasteiger partial charge >= 0.3 is 0 Å². The van der Waals surface area contributed by atoms with E-state index < -0.39 is 6.04 Å². The largest absolute Gasteiger partial charge is 0.342 e. The summed E-state index contributed by atoms with van der Waals surface area (Å²) in [5.41, 5.74) is 2.15. The molecule has 4 rings (SSSR count). The number of fused-ring (bicyclic) bond motifs is 2. The van der Waals surface area contributed by atoms with Gasteiger partial charge in [-0.15, -0.1) is 0 Å². The Morgan fingerprint density at radius 1 is 1.27 bits per heavy atom. The lowest BCUT2D eigenvalue weighted by Crippen LogP contribution is -2.62. The van der Waals surface area contributed by atoms with Crippen LogP contribution in [0, 0.1) is 5.92 Å². The second-order valence-corrected chi connectivity index (χ2v) is 7.54. The Labute approximate surface area is 153 Å². The molecular formula is C20H24N4O2. The molecule has 136 valence electrons. The van der Waals surface area contributed by atoms with Gasteiger partial charge in [0.1, 0.15) is 12.1 Å². The van der Waals surface area contributed by atoms with Gasteiger partial charge < -0.3 is 15.5 Å². The lowest BCUT2D eigenvalue weighted by molar-refractivity contribution is -0.148. The fourth-order valence-corrected chi connectivity index (χ4v) is 3.99. The maximum atomic E-state index is 12.7. The van der Waals surface area contributed by atoms with E-state index in [0.717, 1.165) is 10.9 Å². The van der Waals surface area contributed by atoms with Crippen LogP contribution in [0.2, 0.25) is 0 Å². The van der Waals surface area contributed by atoms with Crippen LogP contribution in [0.3, 0.4) is 0 Å². The quantitative estimate of drug-likeness (QED) is 0.873. The first-order valence-electron chi connectivity index (χ1n) is 9.21. The standard InChI is InChI=1S/C20H24N4O2/c1-12(2)18-20(26)24-11-14(9-17(24)19(25)23-18)22-10-13-5-3-7-16-15(13)6-4-8-21-16/h3-8,12,14,17-18,22H,9-11H2,1-2H3,(H,23,25)/t14-,17-,18-/m0/s1. The van der Waals surface area contributed by atoms with Crippen LogP contribution in [0.4, 0.5) is 0 Å². The van der Waals surface area contributed by atoms with Gasteiger partial charge in [-0.1, -0.05) is 32.0 Å². The van der Waals surface area contributed by atoms with E-state index >= 15 is 0 Å². The molecule has 0 aliphatic carbocycles. The summed E-state index contributed by atoms with van der Waals surface area (Å²) in [6.07, 6.45) is 2.45. The van der Waals surface area contributed by atoms with Crippen molar-refractivity contribution < 1.29 is 9.59 Å². The average molecular weight is 352 g/mol. The molecular weight excluding hydrogens is 328 g/mol. The van der Waals surface area contributed by atoms with Crippen molar-refractivity contribution in [2.45, 2.75) is 44.9 Å². The minimum Gasteiger partial charge on any atom is -0.342 e. The fraction of sp³-hybridized carbons (Fsp3) is 0.450. The van der Waals surface area contributed by atoms with Gasteiger partial charge in [-0.25, -0.2) is 0 Å². The van der Waals surface area contributed by atoms with E-state index in [9.17, 15) is 9.59 Å². The lowest BCUT2D eigenvalue weighted by atomic mass is 9.98. The third-order valence-electron chi connectivity index (χ3n) is 5.43. The van der Waals surface area contributed by atoms with Crippen molar-refractivity contribution >= 4 is 22.7 Å². The van der Waals surface area contributed by atoms with E-state index in [2.05, 4.69) is 27.8 Å². The summed E-state index contributed by atoms with van der Waals surface area (Å²) in [6.45, 7) is 5.20. The fourth-order valence-electron chi connectivity index (χ4n) is 3.99. The Kier molecular flexibility index (Phi) is 4.36. The number of hydrogen-bond donors (Lipinski definition) is 2. The van der Waals surface area contributed by atoms with Crippen molar-refractivity contribution in [3.8, 4) is 0 Å². The molecule has 26 heavy (non-hydrogen) atoms. The summed E-state index contributed by atoms with van der Waals surface area (Å²) in [4.78, 5) is 31.2. The highest BCUT2D eigenvalue weighted by Gasteiger charge is 2.46. The van der Waals surface area contributed by atoms with Gasteiger partial charge in [-0.2, -0.15) is 0 Å². The van der Waals surface area contributed by atoms with Gasteiger partial charge in [-0.05, 0) is 30.0 Å². The molecule has 2 saturated heterocycles. The van der Waals surface area contributed by atoms with E-state index in [4.69, 9.17) is 0 Å². The number of amides is 2. The molecule has 0 unspecified atom stereocenters. The summed E-state index contributed by atoms with van der Waals surface area (Å²) < 4.78 is 0. The summed E-state index contributed by atoms with van der Waals surface area (Å²) in [5, 5.41) is 7.55. The highest BCUT2D eigenvalue weighted by Crippen LogP contribution is 2.25. The summed E-state index contributed by atoms with van der Waals surface area (Å²) in [7, 11) is 0. The van der Waals surface area contributed by atoms with Gasteiger partial charge in [-0.3, -0.25) is 14.6 Å². The van der Waals surface area contributed by atoms with Crippen LogP contribution in [-0.4, -0.2) is 46.4 Å². The first-order chi connectivity index (χ1) is 12.5. The zero-order valence-corrected chi connectivity index (χ0v) is 15.1. The Morgan fingerprint density at radius 2 is 2.12 bits per heavy atom. The van der Waals surface area contributed by atoms with E-state index in [-0.39, 0.29) is 29.8 Å². The molecule has 6 nitrogen and oxygen atoms in total. The van der Waals surface area contributed by atoms with Crippen molar-refractivity contribution in [3.05, 3.63) is 42.1 Å². The van der Waals surface area contributed by atoms with E-state index in [0.29, 0.717) is 19.5 Å². The monoisotopic (exact) mass is 352 g/mol. The number of benzene rings is 1. The highest BCUT2D eigenvalue weighted by molar-refractivity contribution is 5.97. The van der Waals surface area contributed by atoms with Crippen LogP contribution < -0.4 is 10.6 Å². The van der Waals surface area contributed by atoms with Crippen LogP contribution >= 0.6 is 0 Å². The average Bonchev–Trinajstić information content (AvgIpc) is 3.08. The number of carbonyl (C=O) groups excluding carboxylic acids is 2. The Balaban J connectivity index is 1.46. The Hall–Kier alpha value is -2.47. The minimum atomic E-state index is -0.401. The second-order valence-electron chi connectivity index (χ2n) is 7.54. The maximum Gasteiger partial charge on any atom is 0.246 e. The van der Waals surface area contributed by atoms with Crippen molar-refractivity contribution in [1.29, 1.82) is 0 Å². The summed E-state index contributed by atoms with van der Waals surface area (Å²) >= 11 is 0. The maximum absolute atomic E-state index is 12.7. The third kappa shape index (κ3) is 2.94. The van der Waals surface area contributed by atoms with Crippen molar-refractivity contribution in [2.75, 3.05) is 6.54 Å². The van der Waals surface area contributed by atoms with Crippen molar-refractivity contribution in [2.24, 2.45) is 5.92 Å². The van der Waals surface area contributed by atoms with Gasteiger partial charge in [0, 0.05) is 30.7 Å². The molecule has 6 heteroatoms. The SMILES string of the molecule is CC(C)[C@@H]1NC(=O)[C@@H]2C[C@H](NCc3cccc4ncccc34)CN2C1=O. The molecule has 3 atom stereocenters. The van der Waals surface area contributed by atoms with Gasteiger partial charge in [0.15, 0.2) is 0 Å². The Bertz CT molecular complexity index is 845. The van der Waals surface area contributed by atoms with E-state index in [1.165, 1.54) is 5.56 Å². The number of hydrogen-bond acceptors (Lipinski definition) is 4. The van der Waals surface area contributed by atoms with Gasteiger partial charge in [0.2, 0.25) is 11.8 Å². The van der Waals surface area contributed by atoms with Crippen LogP contribution in [0.5, 0.6) is 0 Å². The second kappa shape index (κ2) is 6.68. The predicted molar refractivity (Wildman–Crippen MR) is 99.3 cm³/mol. The molecule has 2 N–H and O–H groups in total. The van der Waals surface area contributed by atoms with Crippen molar-refractivity contribution in [3.63, 3.8) is 0 Å². The number of piperazine rings is 1. The topological polar surface area (TPSA) is 74.3 Å². The molecule has 2 fully saturated rings. The summed E-state index contributed by atoms with van der Waals surface area (Å²) in [6, 6.07) is 9.49. The van der Waals surface area contributed by atoms with Crippen LogP contribution in [-0.2, 0) is 16.1 Å². The van der Waals surface area contributed by atoms with Gasteiger partial charge in [0.25, 0.3) is 0 Å². The molecule has 2 aliphatic rings. The van der Waals surface area contributed by atoms with Crippen LogP contribution in [0.25, 0.3) is 10.9 Å². The zero-order chi connectivity index (χ0) is 18.3. The number of carbonyl (C=O) groups is 2. The Morgan fingerprint density at radius 3 is 2.92 bits per heavy atom. The molecule has 1 aromatic heterocycles. The molecule has 2 aromatic rings. The number of nitrogens with zero attached hydrogens (tertiary/aromatic N) is 2.